The predicted octanol–water partition coefficient (Wildman–Crippen LogP) is 2.67. The summed E-state index contributed by atoms with van der Waals surface area (Å²) in [4.78, 5) is 13.4. The van der Waals surface area contributed by atoms with E-state index in [9.17, 15) is 8.42 Å². The zero-order chi connectivity index (χ0) is 14.9. The van der Waals surface area contributed by atoms with E-state index in [4.69, 9.17) is 0 Å². The Balaban J connectivity index is 2.01. The Kier molecular flexibility index (Phi) is 3.52. The van der Waals surface area contributed by atoms with Gasteiger partial charge in [0.1, 0.15) is 5.01 Å². The molecule has 106 valence electrons. The molecule has 0 aliphatic heterocycles. The van der Waals surface area contributed by atoms with Crippen LogP contribution in [0.1, 0.15) is 0 Å². The van der Waals surface area contributed by atoms with E-state index in [0.717, 1.165) is 21.7 Å². The van der Waals surface area contributed by atoms with Gasteiger partial charge in [-0.3, -0.25) is 4.98 Å². The Morgan fingerprint density at radius 2 is 1.95 bits per heavy atom. The summed E-state index contributed by atoms with van der Waals surface area (Å²) in [7, 11) is -3.32. The van der Waals surface area contributed by atoms with Gasteiger partial charge >= 0.3 is 0 Å². The standard InChI is InChI=1S/C14H11N3O2S2/c1-21(18,19)13-6-2-5-11(17-13)12-9-16-14(20-12)10-4-3-7-15-8-10/h2-9H,1H3. The van der Waals surface area contributed by atoms with Crippen LogP contribution in [-0.4, -0.2) is 29.6 Å². The van der Waals surface area contributed by atoms with Crippen LogP contribution >= 0.6 is 11.3 Å². The number of sulfone groups is 1. The number of aromatic nitrogens is 3. The van der Waals surface area contributed by atoms with Gasteiger partial charge in [0, 0.05) is 30.4 Å². The van der Waals surface area contributed by atoms with Crippen LogP contribution in [-0.2, 0) is 9.84 Å². The average Bonchev–Trinajstić information content (AvgIpc) is 2.97. The van der Waals surface area contributed by atoms with Crippen LogP contribution in [0.2, 0.25) is 0 Å². The minimum absolute atomic E-state index is 0.0660. The van der Waals surface area contributed by atoms with Gasteiger partial charge in [-0.15, -0.1) is 11.3 Å². The van der Waals surface area contributed by atoms with Crippen molar-refractivity contribution in [1.82, 2.24) is 15.0 Å². The first-order chi connectivity index (χ1) is 10.0. The van der Waals surface area contributed by atoms with Crippen molar-refractivity contribution in [1.29, 1.82) is 0 Å². The molecule has 0 saturated heterocycles. The molecule has 0 aliphatic carbocycles. The average molecular weight is 317 g/mol. The molecule has 0 N–H and O–H groups in total. The van der Waals surface area contributed by atoms with Gasteiger partial charge in [-0.05, 0) is 24.3 Å². The molecule has 3 heterocycles. The summed E-state index contributed by atoms with van der Waals surface area (Å²) in [6.07, 6.45) is 6.28. The van der Waals surface area contributed by atoms with Crippen LogP contribution in [0.3, 0.4) is 0 Å². The Morgan fingerprint density at radius 3 is 2.67 bits per heavy atom. The van der Waals surface area contributed by atoms with E-state index in [2.05, 4.69) is 15.0 Å². The molecule has 0 aliphatic rings. The molecular weight excluding hydrogens is 306 g/mol. The lowest BCUT2D eigenvalue weighted by atomic mass is 10.3. The van der Waals surface area contributed by atoms with Crippen molar-refractivity contribution in [3.63, 3.8) is 0 Å². The molecule has 0 atom stereocenters. The molecule has 0 fully saturated rings. The number of hydrogen-bond donors (Lipinski definition) is 0. The topological polar surface area (TPSA) is 72.8 Å². The highest BCUT2D eigenvalue weighted by Crippen LogP contribution is 2.30. The molecule has 0 amide bonds. The van der Waals surface area contributed by atoms with Crippen molar-refractivity contribution in [3.05, 3.63) is 48.9 Å². The van der Waals surface area contributed by atoms with Gasteiger partial charge in [0.25, 0.3) is 0 Å². The van der Waals surface area contributed by atoms with Crippen molar-refractivity contribution in [2.75, 3.05) is 6.26 Å². The second-order valence-corrected chi connectivity index (χ2v) is 7.40. The molecular formula is C14H11N3O2S2. The molecule has 21 heavy (non-hydrogen) atoms. The van der Waals surface area contributed by atoms with Crippen LogP contribution in [0.15, 0.2) is 53.9 Å². The SMILES string of the molecule is CS(=O)(=O)c1cccc(-c2cnc(-c3cccnc3)s2)n1. The van der Waals surface area contributed by atoms with E-state index in [1.807, 2.05) is 12.1 Å². The summed E-state index contributed by atoms with van der Waals surface area (Å²) < 4.78 is 23.1. The normalized spacial score (nSPS) is 11.5. The lowest BCUT2D eigenvalue weighted by Crippen LogP contribution is -2.00. The number of nitrogens with zero attached hydrogens (tertiary/aromatic N) is 3. The largest absolute Gasteiger partial charge is 0.264 e. The number of thiazole rings is 1. The highest BCUT2D eigenvalue weighted by Gasteiger charge is 2.12. The van der Waals surface area contributed by atoms with Crippen molar-refractivity contribution >= 4 is 21.2 Å². The van der Waals surface area contributed by atoms with Gasteiger partial charge in [-0.1, -0.05) is 6.07 Å². The Morgan fingerprint density at radius 1 is 1.10 bits per heavy atom. The first kappa shape index (κ1) is 13.8. The molecule has 3 aromatic rings. The maximum atomic E-state index is 11.6. The van der Waals surface area contributed by atoms with Gasteiger partial charge in [0.15, 0.2) is 14.9 Å². The lowest BCUT2D eigenvalue weighted by molar-refractivity contribution is 0.598. The summed E-state index contributed by atoms with van der Waals surface area (Å²) in [5, 5.41) is 0.890. The van der Waals surface area contributed by atoms with E-state index in [1.54, 1.807) is 30.7 Å². The molecule has 5 nitrogen and oxygen atoms in total. The molecule has 0 saturated carbocycles. The van der Waals surface area contributed by atoms with Gasteiger partial charge < -0.3 is 0 Å². The minimum atomic E-state index is -3.32. The Bertz CT molecular complexity index is 874. The maximum absolute atomic E-state index is 11.6. The van der Waals surface area contributed by atoms with Crippen molar-refractivity contribution in [3.8, 4) is 21.1 Å². The fourth-order valence-electron chi connectivity index (χ4n) is 1.77. The smallest absolute Gasteiger partial charge is 0.192 e. The van der Waals surface area contributed by atoms with Crippen LogP contribution in [0, 0.1) is 0 Å². The molecule has 3 aromatic heterocycles. The summed E-state index contributed by atoms with van der Waals surface area (Å²) in [5.74, 6) is 0. The van der Waals surface area contributed by atoms with E-state index in [0.29, 0.717) is 5.69 Å². The van der Waals surface area contributed by atoms with Crippen LogP contribution in [0.4, 0.5) is 0 Å². The van der Waals surface area contributed by atoms with Gasteiger partial charge in [0.05, 0.1) is 10.6 Å². The number of pyridine rings is 2. The van der Waals surface area contributed by atoms with E-state index in [1.165, 1.54) is 17.4 Å². The van der Waals surface area contributed by atoms with Crippen LogP contribution in [0.5, 0.6) is 0 Å². The van der Waals surface area contributed by atoms with Crippen molar-refractivity contribution in [2.24, 2.45) is 0 Å². The molecule has 0 radical (unpaired) electrons. The maximum Gasteiger partial charge on any atom is 0.192 e. The second kappa shape index (κ2) is 5.34. The fourth-order valence-corrected chi connectivity index (χ4v) is 3.24. The monoisotopic (exact) mass is 317 g/mol. The Hall–Kier alpha value is -2.12. The van der Waals surface area contributed by atoms with Crippen LogP contribution in [0.25, 0.3) is 21.1 Å². The summed E-state index contributed by atoms with van der Waals surface area (Å²) in [5.41, 5.74) is 1.53. The number of rotatable bonds is 3. The molecule has 7 heteroatoms. The van der Waals surface area contributed by atoms with Crippen molar-refractivity contribution < 1.29 is 8.42 Å². The van der Waals surface area contributed by atoms with Gasteiger partial charge in [0.2, 0.25) is 0 Å². The summed E-state index contributed by atoms with van der Waals surface area (Å²) >= 11 is 1.45. The van der Waals surface area contributed by atoms with E-state index in [-0.39, 0.29) is 5.03 Å². The third kappa shape index (κ3) is 2.98. The quantitative estimate of drug-likeness (QED) is 0.742. The fraction of sp³-hybridized carbons (Fsp3) is 0.0714. The van der Waals surface area contributed by atoms with E-state index >= 15 is 0 Å². The van der Waals surface area contributed by atoms with Gasteiger partial charge in [-0.2, -0.15) is 0 Å². The van der Waals surface area contributed by atoms with Gasteiger partial charge in [-0.25, -0.2) is 18.4 Å². The third-order valence-electron chi connectivity index (χ3n) is 2.77. The van der Waals surface area contributed by atoms with Crippen molar-refractivity contribution in [2.45, 2.75) is 5.03 Å². The number of hydrogen-bond acceptors (Lipinski definition) is 6. The first-order valence-corrected chi connectivity index (χ1v) is 8.78. The minimum Gasteiger partial charge on any atom is -0.264 e. The second-order valence-electron chi connectivity index (χ2n) is 4.40. The molecule has 0 unspecified atom stereocenters. The molecule has 0 spiro atoms. The zero-order valence-electron chi connectivity index (χ0n) is 11.1. The molecule has 0 bridgehead atoms. The highest BCUT2D eigenvalue weighted by molar-refractivity contribution is 7.90. The van der Waals surface area contributed by atoms with E-state index < -0.39 is 9.84 Å². The third-order valence-corrected chi connectivity index (χ3v) is 4.83. The molecule has 0 aromatic carbocycles. The molecule has 3 rings (SSSR count). The lowest BCUT2D eigenvalue weighted by Gasteiger charge is -2.00. The first-order valence-electron chi connectivity index (χ1n) is 6.08. The Labute approximate surface area is 126 Å². The summed E-state index contributed by atoms with van der Waals surface area (Å²) in [6.45, 7) is 0. The zero-order valence-corrected chi connectivity index (χ0v) is 12.7. The predicted molar refractivity (Wildman–Crippen MR) is 81.7 cm³/mol. The highest BCUT2D eigenvalue weighted by atomic mass is 32.2. The summed E-state index contributed by atoms with van der Waals surface area (Å²) in [6, 6.07) is 8.72. The van der Waals surface area contributed by atoms with Crippen LogP contribution < -0.4 is 0 Å².